The van der Waals surface area contributed by atoms with Gasteiger partial charge in [-0.2, -0.15) is 0 Å². The van der Waals surface area contributed by atoms with Crippen molar-refractivity contribution in [2.45, 2.75) is 38.1 Å². The number of carboxylic acids is 1. The Morgan fingerprint density at radius 2 is 2.15 bits per heavy atom. The zero-order valence-corrected chi connectivity index (χ0v) is 8.12. The van der Waals surface area contributed by atoms with Gasteiger partial charge in [0, 0.05) is 6.04 Å². The largest absolute Gasteiger partial charge is 0.481 e. The van der Waals surface area contributed by atoms with E-state index in [0.29, 0.717) is 6.04 Å². The molecule has 1 saturated carbocycles. The van der Waals surface area contributed by atoms with Gasteiger partial charge in [0.2, 0.25) is 0 Å². The highest BCUT2D eigenvalue weighted by molar-refractivity contribution is 5.76. The number of rotatable bonds is 1. The van der Waals surface area contributed by atoms with Crippen molar-refractivity contribution in [2.24, 2.45) is 5.41 Å². The molecule has 0 unspecified atom stereocenters. The first-order valence-corrected chi connectivity index (χ1v) is 5.10. The number of piperidine rings is 1. The topological polar surface area (TPSA) is 40.5 Å². The van der Waals surface area contributed by atoms with E-state index >= 15 is 0 Å². The lowest BCUT2D eigenvalue weighted by Crippen LogP contribution is -2.51. The SMILES string of the molecule is CN1CCC[C@@]2(C(=O)O)CCC[C@@H]12. The number of hydrogen-bond donors (Lipinski definition) is 1. The maximum Gasteiger partial charge on any atom is 0.311 e. The van der Waals surface area contributed by atoms with Crippen molar-refractivity contribution in [1.82, 2.24) is 4.90 Å². The molecular weight excluding hydrogens is 166 g/mol. The molecule has 2 aliphatic rings. The lowest BCUT2D eigenvalue weighted by atomic mass is 9.75. The van der Waals surface area contributed by atoms with Crippen molar-refractivity contribution in [3.63, 3.8) is 0 Å². The predicted molar refractivity (Wildman–Crippen MR) is 49.6 cm³/mol. The van der Waals surface area contributed by atoms with Gasteiger partial charge >= 0.3 is 5.97 Å². The minimum Gasteiger partial charge on any atom is -0.481 e. The van der Waals surface area contributed by atoms with Crippen LogP contribution >= 0.6 is 0 Å². The van der Waals surface area contributed by atoms with E-state index in [2.05, 4.69) is 11.9 Å². The number of aliphatic carboxylic acids is 1. The van der Waals surface area contributed by atoms with E-state index in [1.807, 2.05) is 0 Å². The highest BCUT2D eigenvalue weighted by Crippen LogP contribution is 2.47. The molecule has 74 valence electrons. The van der Waals surface area contributed by atoms with Crippen LogP contribution in [0.15, 0.2) is 0 Å². The van der Waals surface area contributed by atoms with Crippen molar-refractivity contribution in [2.75, 3.05) is 13.6 Å². The molecule has 1 heterocycles. The summed E-state index contributed by atoms with van der Waals surface area (Å²) in [6.07, 6.45) is 4.97. The second-order valence-corrected chi connectivity index (χ2v) is 4.45. The molecule has 0 spiro atoms. The van der Waals surface area contributed by atoms with E-state index < -0.39 is 11.4 Å². The molecule has 1 N–H and O–H groups in total. The molecule has 2 fully saturated rings. The fourth-order valence-electron chi connectivity index (χ4n) is 3.14. The van der Waals surface area contributed by atoms with Crippen LogP contribution in [-0.4, -0.2) is 35.6 Å². The van der Waals surface area contributed by atoms with Crippen LogP contribution in [0.4, 0.5) is 0 Å². The first-order valence-electron chi connectivity index (χ1n) is 5.10. The lowest BCUT2D eigenvalue weighted by molar-refractivity contribution is -0.154. The molecule has 1 aliphatic heterocycles. The quantitative estimate of drug-likeness (QED) is 0.666. The highest BCUT2D eigenvalue weighted by atomic mass is 16.4. The summed E-state index contributed by atoms with van der Waals surface area (Å²) in [5.41, 5.74) is -0.396. The maximum atomic E-state index is 11.3. The number of nitrogens with zero attached hydrogens (tertiary/aromatic N) is 1. The highest BCUT2D eigenvalue weighted by Gasteiger charge is 2.52. The first kappa shape index (κ1) is 9.00. The van der Waals surface area contributed by atoms with E-state index in [1.54, 1.807) is 0 Å². The molecule has 0 bridgehead atoms. The molecular formula is C10H17NO2. The number of hydrogen-bond acceptors (Lipinski definition) is 2. The van der Waals surface area contributed by atoms with Crippen molar-refractivity contribution >= 4 is 5.97 Å². The Morgan fingerprint density at radius 3 is 2.77 bits per heavy atom. The van der Waals surface area contributed by atoms with E-state index in [1.165, 1.54) is 0 Å². The third kappa shape index (κ3) is 1.17. The monoisotopic (exact) mass is 183 g/mol. The second kappa shape index (κ2) is 2.98. The molecule has 13 heavy (non-hydrogen) atoms. The van der Waals surface area contributed by atoms with Crippen molar-refractivity contribution in [3.05, 3.63) is 0 Å². The average molecular weight is 183 g/mol. The maximum absolute atomic E-state index is 11.3. The number of carbonyl (C=O) groups is 1. The van der Waals surface area contributed by atoms with Crippen molar-refractivity contribution in [3.8, 4) is 0 Å². The molecule has 0 radical (unpaired) electrons. The Labute approximate surface area is 78.7 Å². The first-order chi connectivity index (χ1) is 6.17. The Morgan fingerprint density at radius 1 is 1.46 bits per heavy atom. The molecule has 2 atom stereocenters. The molecule has 1 saturated heterocycles. The van der Waals surface area contributed by atoms with Crippen molar-refractivity contribution < 1.29 is 9.90 Å². The summed E-state index contributed by atoms with van der Waals surface area (Å²) in [5, 5.41) is 9.29. The molecule has 2 rings (SSSR count). The fraction of sp³-hybridized carbons (Fsp3) is 0.900. The third-order valence-corrected chi connectivity index (χ3v) is 3.83. The average Bonchev–Trinajstić information content (AvgIpc) is 2.50. The van der Waals surface area contributed by atoms with Crippen LogP contribution in [0, 0.1) is 5.41 Å². The second-order valence-electron chi connectivity index (χ2n) is 4.45. The van der Waals surface area contributed by atoms with E-state index in [-0.39, 0.29) is 0 Å². The van der Waals surface area contributed by atoms with E-state index in [4.69, 9.17) is 0 Å². The van der Waals surface area contributed by atoms with Crippen LogP contribution in [0.1, 0.15) is 32.1 Å². The van der Waals surface area contributed by atoms with Gasteiger partial charge in [0.1, 0.15) is 0 Å². The van der Waals surface area contributed by atoms with Crippen LogP contribution in [0.3, 0.4) is 0 Å². The summed E-state index contributed by atoms with van der Waals surface area (Å²) >= 11 is 0. The normalized spacial score (nSPS) is 40.2. The summed E-state index contributed by atoms with van der Waals surface area (Å²) in [4.78, 5) is 13.5. The third-order valence-electron chi connectivity index (χ3n) is 3.83. The van der Waals surface area contributed by atoms with Gasteiger partial charge in [-0.15, -0.1) is 0 Å². The molecule has 3 nitrogen and oxygen atoms in total. The lowest BCUT2D eigenvalue weighted by Gasteiger charge is -2.41. The van der Waals surface area contributed by atoms with Gasteiger partial charge in [-0.05, 0) is 39.3 Å². The van der Waals surface area contributed by atoms with Gasteiger partial charge in [0.25, 0.3) is 0 Å². The molecule has 0 aromatic carbocycles. The minimum absolute atomic E-state index is 0.304. The van der Waals surface area contributed by atoms with E-state index in [9.17, 15) is 9.90 Å². The zero-order valence-electron chi connectivity index (χ0n) is 8.12. The fourth-order valence-corrected chi connectivity index (χ4v) is 3.14. The van der Waals surface area contributed by atoms with Crippen LogP contribution in [0.2, 0.25) is 0 Å². The van der Waals surface area contributed by atoms with Gasteiger partial charge in [-0.3, -0.25) is 4.79 Å². The standard InChI is InChI=1S/C10H17NO2/c1-11-7-3-6-10(9(12)13)5-2-4-8(10)11/h8H,2-7H2,1H3,(H,12,13)/t8-,10+/m1/s1. The summed E-state index contributed by atoms with van der Waals surface area (Å²) < 4.78 is 0. The number of carboxylic acid groups (broad SMARTS) is 1. The summed E-state index contributed by atoms with van der Waals surface area (Å²) in [5.74, 6) is -0.568. The van der Waals surface area contributed by atoms with Gasteiger partial charge in [-0.25, -0.2) is 0 Å². The minimum atomic E-state index is -0.568. The molecule has 1 aliphatic carbocycles. The van der Waals surface area contributed by atoms with Gasteiger partial charge in [-0.1, -0.05) is 6.42 Å². The van der Waals surface area contributed by atoms with Crippen LogP contribution < -0.4 is 0 Å². The van der Waals surface area contributed by atoms with Gasteiger partial charge < -0.3 is 10.0 Å². The van der Waals surface area contributed by atoms with Gasteiger partial charge in [0.05, 0.1) is 5.41 Å². The Hall–Kier alpha value is -0.570. The summed E-state index contributed by atoms with van der Waals surface area (Å²) in [6, 6.07) is 0.304. The zero-order chi connectivity index (χ0) is 9.47. The smallest absolute Gasteiger partial charge is 0.311 e. The van der Waals surface area contributed by atoms with Crippen LogP contribution in [-0.2, 0) is 4.79 Å². The number of likely N-dealkylation sites (tertiary alicyclic amines) is 1. The van der Waals surface area contributed by atoms with Crippen LogP contribution in [0.5, 0.6) is 0 Å². The van der Waals surface area contributed by atoms with Crippen LogP contribution in [0.25, 0.3) is 0 Å². The van der Waals surface area contributed by atoms with Crippen molar-refractivity contribution in [1.29, 1.82) is 0 Å². The number of fused-ring (bicyclic) bond motifs is 1. The summed E-state index contributed by atoms with van der Waals surface area (Å²) in [7, 11) is 2.06. The molecule has 3 heteroatoms. The summed E-state index contributed by atoms with van der Waals surface area (Å²) in [6.45, 7) is 1.07. The molecule has 0 aromatic heterocycles. The van der Waals surface area contributed by atoms with Gasteiger partial charge in [0.15, 0.2) is 0 Å². The molecule has 0 aromatic rings. The predicted octanol–water partition coefficient (Wildman–Crippen LogP) is 1.34. The Kier molecular flexibility index (Phi) is 2.06. The Balaban J connectivity index is 2.27. The Bertz CT molecular complexity index is 229. The molecule has 0 amide bonds. The van der Waals surface area contributed by atoms with E-state index in [0.717, 1.165) is 38.6 Å².